The number of benzene rings is 2. The van der Waals surface area contributed by atoms with Gasteiger partial charge in [-0.15, -0.1) is 0 Å². The van der Waals surface area contributed by atoms with Crippen molar-refractivity contribution in [2.24, 2.45) is 0 Å². The molecule has 1 amide bonds. The molecule has 21 heavy (non-hydrogen) atoms. The predicted octanol–water partition coefficient (Wildman–Crippen LogP) is 2.93. The summed E-state index contributed by atoms with van der Waals surface area (Å²) < 4.78 is 13.7. The monoisotopic (exact) mass is 284 g/mol. The minimum absolute atomic E-state index is 0.0703. The fourth-order valence-electron chi connectivity index (χ4n) is 2.92. The summed E-state index contributed by atoms with van der Waals surface area (Å²) in [6, 6.07) is 12.0. The van der Waals surface area contributed by atoms with Crippen molar-refractivity contribution in [1.82, 2.24) is 0 Å². The second kappa shape index (κ2) is 5.20. The number of anilines is 2. The van der Waals surface area contributed by atoms with E-state index in [0.717, 1.165) is 17.7 Å². The van der Waals surface area contributed by atoms with Crippen LogP contribution in [0.4, 0.5) is 15.8 Å². The van der Waals surface area contributed by atoms with Crippen LogP contribution in [-0.4, -0.2) is 11.9 Å². The van der Waals surface area contributed by atoms with Gasteiger partial charge in [0.15, 0.2) is 0 Å². The summed E-state index contributed by atoms with van der Waals surface area (Å²) in [5.41, 5.74) is 8.88. The number of carbonyl (C=O) groups excluding carboxylic acids is 1. The lowest BCUT2D eigenvalue weighted by atomic mass is 10.1. The van der Waals surface area contributed by atoms with E-state index in [1.807, 2.05) is 19.1 Å². The van der Waals surface area contributed by atoms with E-state index in [9.17, 15) is 9.18 Å². The molecule has 1 atom stereocenters. The van der Waals surface area contributed by atoms with Crippen LogP contribution in [0.2, 0.25) is 0 Å². The van der Waals surface area contributed by atoms with Gasteiger partial charge >= 0.3 is 0 Å². The molecule has 0 bridgehead atoms. The molecule has 0 saturated carbocycles. The number of amides is 1. The minimum atomic E-state index is -0.338. The molecule has 108 valence electrons. The average Bonchev–Trinajstić information content (AvgIpc) is 2.76. The fraction of sp³-hybridized carbons (Fsp3) is 0.235. The minimum Gasteiger partial charge on any atom is -0.399 e. The lowest BCUT2D eigenvalue weighted by Crippen LogP contribution is -2.36. The molecule has 0 saturated heterocycles. The molecule has 0 fully saturated rings. The topological polar surface area (TPSA) is 46.3 Å². The van der Waals surface area contributed by atoms with Crippen LogP contribution in [-0.2, 0) is 17.6 Å². The molecule has 1 aliphatic heterocycles. The number of rotatable bonds is 2. The van der Waals surface area contributed by atoms with Gasteiger partial charge in [0.1, 0.15) is 5.82 Å². The van der Waals surface area contributed by atoms with Crippen molar-refractivity contribution in [1.29, 1.82) is 0 Å². The normalized spacial score (nSPS) is 16.9. The molecule has 0 radical (unpaired) electrons. The number of hydrogen-bond acceptors (Lipinski definition) is 2. The van der Waals surface area contributed by atoms with E-state index < -0.39 is 0 Å². The zero-order chi connectivity index (χ0) is 15.0. The highest BCUT2D eigenvalue weighted by atomic mass is 19.1. The Morgan fingerprint density at radius 1 is 1.33 bits per heavy atom. The summed E-state index contributed by atoms with van der Waals surface area (Å²) in [4.78, 5) is 14.3. The summed E-state index contributed by atoms with van der Waals surface area (Å²) in [5, 5.41) is 0. The number of carbonyl (C=O) groups is 1. The molecule has 0 spiro atoms. The summed E-state index contributed by atoms with van der Waals surface area (Å²) >= 11 is 0. The largest absolute Gasteiger partial charge is 0.399 e. The average molecular weight is 284 g/mol. The Kier molecular flexibility index (Phi) is 3.37. The number of nitrogen functional groups attached to an aromatic ring is 1. The summed E-state index contributed by atoms with van der Waals surface area (Å²) in [7, 11) is 0. The predicted molar refractivity (Wildman–Crippen MR) is 81.6 cm³/mol. The van der Waals surface area contributed by atoms with Crippen molar-refractivity contribution in [3.8, 4) is 0 Å². The Balaban J connectivity index is 1.88. The van der Waals surface area contributed by atoms with Gasteiger partial charge in [-0.2, -0.15) is 0 Å². The quantitative estimate of drug-likeness (QED) is 0.862. The van der Waals surface area contributed by atoms with Crippen LogP contribution >= 0.6 is 0 Å². The molecule has 0 aliphatic carbocycles. The van der Waals surface area contributed by atoms with Crippen LogP contribution in [0.15, 0.2) is 42.5 Å². The highest BCUT2D eigenvalue weighted by Gasteiger charge is 2.31. The summed E-state index contributed by atoms with van der Waals surface area (Å²) in [6.45, 7) is 2.00. The molecule has 1 unspecified atom stereocenters. The lowest BCUT2D eigenvalue weighted by molar-refractivity contribution is -0.118. The standard InChI is InChI=1S/C17H17FN2O/c1-11-8-13-9-14(19)6-7-16(13)20(11)17(21)10-12-4-2-3-5-15(12)18/h2-7,9,11H,8,10,19H2,1H3. The first kappa shape index (κ1) is 13.6. The Morgan fingerprint density at radius 3 is 2.86 bits per heavy atom. The van der Waals surface area contributed by atoms with Crippen molar-refractivity contribution < 1.29 is 9.18 Å². The number of halogens is 1. The van der Waals surface area contributed by atoms with Crippen LogP contribution in [0.3, 0.4) is 0 Å². The summed E-state index contributed by atoms with van der Waals surface area (Å²) in [6.07, 6.45) is 0.851. The second-order valence-electron chi connectivity index (χ2n) is 5.47. The number of fused-ring (bicyclic) bond motifs is 1. The third-order valence-corrected chi connectivity index (χ3v) is 3.89. The van der Waals surface area contributed by atoms with E-state index in [0.29, 0.717) is 11.3 Å². The molecule has 2 N–H and O–H groups in total. The summed E-state index contributed by atoms with van der Waals surface area (Å²) in [5.74, 6) is -0.425. The van der Waals surface area contributed by atoms with Gasteiger partial charge in [0.2, 0.25) is 5.91 Å². The SMILES string of the molecule is CC1Cc2cc(N)ccc2N1C(=O)Cc1ccccc1F. The molecule has 0 aromatic heterocycles. The van der Waals surface area contributed by atoms with Crippen LogP contribution < -0.4 is 10.6 Å². The maximum atomic E-state index is 13.7. The molecule has 3 rings (SSSR count). The molecular formula is C17H17FN2O. The first-order valence-corrected chi connectivity index (χ1v) is 7.00. The zero-order valence-electron chi connectivity index (χ0n) is 11.8. The molecule has 1 aliphatic rings. The van der Waals surface area contributed by atoms with E-state index >= 15 is 0 Å². The first-order chi connectivity index (χ1) is 10.1. The smallest absolute Gasteiger partial charge is 0.231 e. The molecule has 3 nitrogen and oxygen atoms in total. The van der Waals surface area contributed by atoms with Crippen molar-refractivity contribution in [3.63, 3.8) is 0 Å². The first-order valence-electron chi connectivity index (χ1n) is 7.00. The van der Waals surface area contributed by atoms with Gasteiger partial charge < -0.3 is 10.6 Å². The Hall–Kier alpha value is -2.36. The number of nitrogens with two attached hydrogens (primary N) is 1. The third kappa shape index (κ3) is 2.49. The van der Waals surface area contributed by atoms with Gasteiger partial charge in [0.05, 0.1) is 6.42 Å². The van der Waals surface area contributed by atoms with E-state index in [-0.39, 0.29) is 24.2 Å². The molecule has 2 aromatic carbocycles. The maximum Gasteiger partial charge on any atom is 0.231 e. The maximum absolute atomic E-state index is 13.7. The molecule has 1 heterocycles. The van der Waals surface area contributed by atoms with Gasteiger partial charge in [0.25, 0.3) is 0 Å². The van der Waals surface area contributed by atoms with Gasteiger partial charge in [0, 0.05) is 17.4 Å². The van der Waals surface area contributed by atoms with Crippen LogP contribution in [0.1, 0.15) is 18.1 Å². The van der Waals surface area contributed by atoms with Crippen LogP contribution in [0, 0.1) is 5.82 Å². The van der Waals surface area contributed by atoms with Gasteiger partial charge in [-0.1, -0.05) is 18.2 Å². The fourth-order valence-corrected chi connectivity index (χ4v) is 2.92. The van der Waals surface area contributed by atoms with Gasteiger partial charge in [-0.05, 0) is 48.7 Å². The number of nitrogens with zero attached hydrogens (tertiary/aromatic N) is 1. The molecule has 4 heteroatoms. The van der Waals surface area contributed by atoms with Crippen molar-refractivity contribution >= 4 is 17.3 Å². The molecule has 2 aromatic rings. The Morgan fingerprint density at radius 2 is 2.10 bits per heavy atom. The van der Waals surface area contributed by atoms with E-state index in [2.05, 4.69) is 0 Å². The van der Waals surface area contributed by atoms with E-state index in [4.69, 9.17) is 5.73 Å². The van der Waals surface area contributed by atoms with Crippen LogP contribution in [0.5, 0.6) is 0 Å². The van der Waals surface area contributed by atoms with E-state index in [1.165, 1.54) is 6.07 Å². The van der Waals surface area contributed by atoms with Crippen molar-refractivity contribution in [3.05, 3.63) is 59.4 Å². The Labute approximate surface area is 123 Å². The lowest BCUT2D eigenvalue weighted by Gasteiger charge is -2.23. The highest BCUT2D eigenvalue weighted by molar-refractivity contribution is 5.97. The third-order valence-electron chi connectivity index (χ3n) is 3.89. The Bertz CT molecular complexity index is 699. The van der Waals surface area contributed by atoms with Crippen LogP contribution in [0.25, 0.3) is 0 Å². The van der Waals surface area contributed by atoms with Crippen molar-refractivity contribution in [2.45, 2.75) is 25.8 Å². The van der Waals surface area contributed by atoms with Gasteiger partial charge in [-0.3, -0.25) is 4.79 Å². The second-order valence-corrected chi connectivity index (χ2v) is 5.47. The zero-order valence-corrected chi connectivity index (χ0v) is 11.8. The molecular weight excluding hydrogens is 267 g/mol. The number of hydrogen-bond donors (Lipinski definition) is 1. The van der Waals surface area contributed by atoms with E-state index in [1.54, 1.807) is 29.2 Å². The highest BCUT2D eigenvalue weighted by Crippen LogP contribution is 2.34. The van der Waals surface area contributed by atoms with Gasteiger partial charge in [-0.25, -0.2) is 4.39 Å². The van der Waals surface area contributed by atoms with Crippen molar-refractivity contribution in [2.75, 3.05) is 10.6 Å².